The van der Waals surface area contributed by atoms with Gasteiger partial charge in [-0.15, -0.1) is 0 Å². The molecule has 2 aromatic carbocycles. The van der Waals surface area contributed by atoms with E-state index in [1.165, 1.54) is 0 Å². The van der Waals surface area contributed by atoms with E-state index in [4.69, 9.17) is 4.74 Å². The number of nitrogens with zero attached hydrogens (tertiary/aromatic N) is 1. The predicted octanol–water partition coefficient (Wildman–Crippen LogP) is 3.84. The molecule has 3 nitrogen and oxygen atoms in total. The van der Waals surface area contributed by atoms with E-state index in [1.807, 2.05) is 30.3 Å². The van der Waals surface area contributed by atoms with E-state index in [1.54, 1.807) is 30.5 Å². The third-order valence-electron chi connectivity index (χ3n) is 2.83. The number of carbonyl (C=O) groups is 1. The molecule has 92 valence electrons. The van der Waals surface area contributed by atoms with E-state index in [0.717, 1.165) is 22.9 Å². The lowest BCUT2D eigenvalue weighted by molar-refractivity contribution is 0.112. The van der Waals surface area contributed by atoms with Crippen molar-refractivity contribution in [2.45, 2.75) is 0 Å². The lowest BCUT2D eigenvalue weighted by Gasteiger charge is -2.06. The fourth-order valence-electron chi connectivity index (χ4n) is 1.87. The molecule has 1 aromatic heterocycles. The van der Waals surface area contributed by atoms with E-state index in [2.05, 4.69) is 4.98 Å². The third kappa shape index (κ3) is 2.45. The van der Waals surface area contributed by atoms with Gasteiger partial charge in [-0.3, -0.25) is 9.78 Å². The van der Waals surface area contributed by atoms with E-state index >= 15 is 0 Å². The summed E-state index contributed by atoms with van der Waals surface area (Å²) in [5.74, 6) is 1.45. The van der Waals surface area contributed by atoms with E-state index < -0.39 is 0 Å². The fourth-order valence-corrected chi connectivity index (χ4v) is 1.87. The number of fused-ring (bicyclic) bond motifs is 1. The van der Waals surface area contributed by atoms with Gasteiger partial charge in [0.15, 0.2) is 0 Å². The molecule has 3 aromatic rings. The molecule has 3 rings (SSSR count). The zero-order chi connectivity index (χ0) is 13.1. The van der Waals surface area contributed by atoms with Crippen molar-refractivity contribution in [2.24, 2.45) is 0 Å². The molecule has 0 aliphatic heterocycles. The lowest BCUT2D eigenvalue weighted by Crippen LogP contribution is -1.86. The van der Waals surface area contributed by atoms with Gasteiger partial charge < -0.3 is 4.74 Å². The van der Waals surface area contributed by atoms with Gasteiger partial charge in [-0.25, -0.2) is 0 Å². The summed E-state index contributed by atoms with van der Waals surface area (Å²) >= 11 is 0. The highest BCUT2D eigenvalue weighted by atomic mass is 16.5. The van der Waals surface area contributed by atoms with Crippen molar-refractivity contribution in [1.29, 1.82) is 0 Å². The van der Waals surface area contributed by atoms with Crippen LogP contribution >= 0.6 is 0 Å². The van der Waals surface area contributed by atoms with Gasteiger partial charge in [0.05, 0.1) is 5.52 Å². The predicted molar refractivity (Wildman–Crippen MR) is 73.6 cm³/mol. The molecular weight excluding hydrogens is 238 g/mol. The Balaban J connectivity index is 1.89. The zero-order valence-corrected chi connectivity index (χ0v) is 10.1. The summed E-state index contributed by atoms with van der Waals surface area (Å²) in [5.41, 5.74) is 1.57. The smallest absolute Gasteiger partial charge is 0.150 e. The Morgan fingerprint density at radius 1 is 0.947 bits per heavy atom. The normalized spacial score (nSPS) is 10.3. The van der Waals surface area contributed by atoms with Crippen molar-refractivity contribution < 1.29 is 9.53 Å². The fraction of sp³-hybridized carbons (Fsp3) is 0. The first-order chi connectivity index (χ1) is 9.35. The van der Waals surface area contributed by atoms with Crippen LogP contribution in [0.2, 0.25) is 0 Å². The molecule has 0 bridgehead atoms. The average molecular weight is 249 g/mol. The second-order valence-corrected chi connectivity index (χ2v) is 4.15. The Bertz CT molecular complexity index is 720. The second-order valence-electron chi connectivity index (χ2n) is 4.15. The molecule has 0 atom stereocenters. The summed E-state index contributed by atoms with van der Waals surface area (Å²) < 4.78 is 5.74. The molecule has 0 spiro atoms. The summed E-state index contributed by atoms with van der Waals surface area (Å²) in [6, 6.07) is 16.6. The highest BCUT2D eigenvalue weighted by Gasteiger charge is 2.00. The molecule has 0 aliphatic carbocycles. The van der Waals surface area contributed by atoms with Crippen molar-refractivity contribution in [3.05, 3.63) is 66.4 Å². The monoisotopic (exact) mass is 249 g/mol. The van der Waals surface area contributed by atoms with Crippen LogP contribution in [0, 0.1) is 0 Å². The van der Waals surface area contributed by atoms with Crippen molar-refractivity contribution in [3.8, 4) is 11.5 Å². The molecule has 0 saturated carbocycles. The molecule has 0 aliphatic rings. The standard InChI is InChI=1S/C16H11NO2/c18-11-12-3-5-14(6-4-12)19-15-7-8-16-13(10-15)2-1-9-17-16/h1-11H. The number of aromatic nitrogens is 1. The molecule has 0 radical (unpaired) electrons. The summed E-state index contributed by atoms with van der Waals surface area (Å²) in [6.07, 6.45) is 2.58. The first-order valence-corrected chi connectivity index (χ1v) is 5.93. The minimum Gasteiger partial charge on any atom is -0.457 e. The number of aldehydes is 1. The lowest BCUT2D eigenvalue weighted by atomic mass is 10.2. The van der Waals surface area contributed by atoms with Crippen LogP contribution in [0.3, 0.4) is 0 Å². The maximum absolute atomic E-state index is 10.6. The first-order valence-electron chi connectivity index (χ1n) is 5.93. The van der Waals surface area contributed by atoms with Crippen LogP contribution < -0.4 is 4.74 Å². The molecule has 0 N–H and O–H groups in total. The Morgan fingerprint density at radius 3 is 2.53 bits per heavy atom. The van der Waals surface area contributed by atoms with E-state index in [9.17, 15) is 4.79 Å². The Morgan fingerprint density at radius 2 is 1.74 bits per heavy atom. The van der Waals surface area contributed by atoms with Crippen LogP contribution in [0.1, 0.15) is 10.4 Å². The summed E-state index contributed by atoms with van der Waals surface area (Å²) in [4.78, 5) is 14.8. The van der Waals surface area contributed by atoms with Crippen LogP contribution in [-0.4, -0.2) is 11.3 Å². The Labute approximate surface area is 110 Å². The Hall–Kier alpha value is -2.68. The van der Waals surface area contributed by atoms with Crippen LogP contribution in [-0.2, 0) is 0 Å². The van der Waals surface area contributed by atoms with Gasteiger partial charge in [0.1, 0.15) is 17.8 Å². The van der Waals surface area contributed by atoms with Crippen LogP contribution in [0.15, 0.2) is 60.8 Å². The van der Waals surface area contributed by atoms with Crippen molar-refractivity contribution >= 4 is 17.2 Å². The number of pyridine rings is 1. The van der Waals surface area contributed by atoms with Crippen LogP contribution in [0.5, 0.6) is 11.5 Å². The van der Waals surface area contributed by atoms with Gasteiger partial charge in [-0.05, 0) is 48.5 Å². The van der Waals surface area contributed by atoms with Crippen molar-refractivity contribution in [3.63, 3.8) is 0 Å². The molecule has 3 heteroatoms. The van der Waals surface area contributed by atoms with Gasteiger partial charge >= 0.3 is 0 Å². The topological polar surface area (TPSA) is 39.2 Å². The quantitative estimate of drug-likeness (QED) is 0.662. The maximum Gasteiger partial charge on any atom is 0.150 e. The average Bonchev–Trinajstić information content (AvgIpc) is 2.48. The van der Waals surface area contributed by atoms with Crippen molar-refractivity contribution in [1.82, 2.24) is 4.98 Å². The van der Waals surface area contributed by atoms with Gasteiger partial charge in [-0.2, -0.15) is 0 Å². The number of hydrogen-bond donors (Lipinski definition) is 0. The van der Waals surface area contributed by atoms with Crippen LogP contribution in [0.25, 0.3) is 10.9 Å². The number of rotatable bonds is 3. The minimum absolute atomic E-state index is 0.634. The zero-order valence-electron chi connectivity index (χ0n) is 10.1. The Kier molecular flexibility index (Phi) is 2.94. The number of hydrogen-bond acceptors (Lipinski definition) is 3. The highest BCUT2D eigenvalue weighted by Crippen LogP contribution is 2.24. The first kappa shape index (κ1) is 11.4. The molecule has 0 fully saturated rings. The number of benzene rings is 2. The molecular formula is C16H11NO2. The third-order valence-corrected chi connectivity index (χ3v) is 2.83. The maximum atomic E-state index is 10.6. The molecule has 0 amide bonds. The largest absolute Gasteiger partial charge is 0.457 e. The van der Waals surface area contributed by atoms with Gasteiger partial charge in [0.25, 0.3) is 0 Å². The van der Waals surface area contributed by atoms with Gasteiger partial charge in [0, 0.05) is 17.1 Å². The highest BCUT2D eigenvalue weighted by molar-refractivity contribution is 5.80. The molecule has 1 heterocycles. The SMILES string of the molecule is O=Cc1ccc(Oc2ccc3ncccc3c2)cc1. The molecule has 19 heavy (non-hydrogen) atoms. The van der Waals surface area contributed by atoms with E-state index in [-0.39, 0.29) is 0 Å². The summed E-state index contributed by atoms with van der Waals surface area (Å²) in [6.45, 7) is 0. The molecule has 0 unspecified atom stereocenters. The number of carbonyl (C=O) groups excluding carboxylic acids is 1. The van der Waals surface area contributed by atoms with Crippen LogP contribution in [0.4, 0.5) is 0 Å². The van der Waals surface area contributed by atoms with Crippen molar-refractivity contribution in [2.75, 3.05) is 0 Å². The van der Waals surface area contributed by atoms with E-state index in [0.29, 0.717) is 11.3 Å². The minimum atomic E-state index is 0.634. The number of ether oxygens (including phenoxy) is 1. The van der Waals surface area contributed by atoms with Gasteiger partial charge in [-0.1, -0.05) is 6.07 Å². The summed E-state index contributed by atoms with van der Waals surface area (Å²) in [5, 5.41) is 1.03. The summed E-state index contributed by atoms with van der Waals surface area (Å²) in [7, 11) is 0. The second kappa shape index (κ2) is 4.90. The van der Waals surface area contributed by atoms with Gasteiger partial charge in [0.2, 0.25) is 0 Å². The molecule has 0 saturated heterocycles.